The minimum atomic E-state index is 0.716. The minimum Gasteiger partial charge on any atom is -0.493 e. The number of nitrogens with zero attached hydrogens (tertiary/aromatic N) is 4. The summed E-state index contributed by atoms with van der Waals surface area (Å²) in [6.07, 6.45) is 0.946. The van der Waals surface area contributed by atoms with Crippen LogP contribution in [-0.2, 0) is 26.6 Å². The Labute approximate surface area is 161 Å². The molecule has 1 aliphatic rings. The summed E-state index contributed by atoms with van der Waals surface area (Å²) in [5.74, 6) is 2.45. The molecule has 2 heterocycles. The van der Waals surface area contributed by atoms with Crippen LogP contribution in [0.1, 0.15) is 28.1 Å². The Morgan fingerprint density at radius 2 is 1.85 bits per heavy atom. The first-order valence-corrected chi connectivity index (χ1v) is 9.16. The molecule has 2 aromatic rings. The monoisotopic (exact) mass is 371 g/mol. The maximum atomic E-state index is 5.46. The first-order valence-electron chi connectivity index (χ1n) is 9.16. The van der Waals surface area contributed by atoms with E-state index in [1.54, 1.807) is 14.2 Å². The summed E-state index contributed by atoms with van der Waals surface area (Å²) >= 11 is 0. The SMILES string of the molecule is CN=C(NCc1c(C)nn(C)c1C)N1CCc2cc(OC)c(OC)cc2C1. The number of fused-ring (bicyclic) bond motifs is 1. The number of rotatable bonds is 4. The Morgan fingerprint density at radius 1 is 1.19 bits per heavy atom. The van der Waals surface area contributed by atoms with E-state index in [1.165, 1.54) is 22.4 Å². The maximum absolute atomic E-state index is 5.46. The second-order valence-electron chi connectivity index (χ2n) is 6.82. The zero-order chi connectivity index (χ0) is 19.6. The second-order valence-corrected chi connectivity index (χ2v) is 6.82. The van der Waals surface area contributed by atoms with Gasteiger partial charge in [-0.25, -0.2) is 0 Å². The Kier molecular flexibility index (Phi) is 5.58. The summed E-state index contributed by atoms with van der Waals surface area (Å²) in [4.78, 5) is 6.76. The van der Waals surface area contributed by atoms with Gasteiger partial charge in [-0.2, -0.15) is 5.10 Å². The largest absolute Gasteiger partial charge is 0.493 e. The summed E-state index contributed by atoms with van der Waals surface area (Å²) in [7, 11) is 7.15. The zero-order valence-electron chi connectivity index (χ0n) is 17.1. The maximum Gasteiger partial charge on any atom is 0.194 e. The van der Waals surface area contributed by atoms with Crippen LogP contribution in [0.25, 0.3) is 0 Å². The Balaban J connectivity index is 1.74. The van der Waals surface area contributed by atoms with E-state index in [4.69, 9.17) is 9.47 Å². The van der Waals surface area contributed by atoms with Crippen molar-refractivity contribution in [3.8, 4) is 11.5 Å². The molecule has 0 fully saturated rings. The van der Waals surface area contributed by atoms with Crippen molar-refractivity contribution in [1.82, 2.24) is 20.0 Å². The van der Waals surface area contributed by atoms with Crippen molar-refractivity contribution in [1.29, 1.82) is 0 Å². The van der Waals surface area contributed by atoms with Crippen molar-refractivity contribution in [2.45, 2.75) is 33.4 Å². The first-order chi connectivity index (χ1) is 13.0. The van der Waals surface area contributed by atoms with Gasteiger partial charge in [0, 0.05) is 45.0 Å². The van der Waals surface area contributed by atoms with Crippen LogP contribution in [0.5, 0.6) is 11.5 Å². The number of guanidine groups is 1. The van der Waals surface area contributed by atoms with Crippen LogP contribution in [0, 0.1) is 13.8 Å². The summed E-state index contributed by atoms with van der Waals surface area (Å²) in [6, 6.07) is 4.16. The topological polar surface area (TPSA) is 63.9 Å². The molecular weight excluding hydrogens is 342 g/mol. The lowest BCUT2D eigenvalue weighted by Gasteiger charge is -2.32. The smallest absolute Gasteiger partial charge is 0.194 e. The van der Waals surface area contributed by atoms with E-state index in [0.29, 0.717) is 6.54 Å². The lowest BCUT2D eigenvalue weighted by atomic mass is 9.99. The van der Waals surface area contributed by atoms with Crippen LogP contribution in [0.3, 0.4) is 0 Å². The average Bonchev–Trinajstić information content (AvgIpc) is 2.92. The predicted octanol–water partition coefficient (Wildman–Crippen LogP) is 2.19. The highest BCUT2D eigenvalue weighted by molar-refractivity contribution is 5.80. The molecule has 1 N–H and O–H groups in total. The van der Waals surface area contributed by atoms with Crippen LogP contribution < -0.4 is 14.8 Å². The molecule has 0 radical (unpaired) electrons. The van der Waals surface area contributed by atoms with Crippen LogP contribution in [0.15, 0.2) is 17.1 Å². The third-order valence-electron chi connectivity index (χ3n) is 5.31. The zero-order valence-corrected chi connectivity index (χ0v) is 17.1. The molecule has 1 aromatic carbocycles. The standard InChI is InChI=1S/C20H29N5O2/c1-13-17(14(2)24(4)23-13)11-22-20(21-3)25-8-7-15-9-18(26-5)19(27-6)10-16(15)12-25/h9-10H,7-8,11-12H2,1-6H3,(H,21,22). The van der Waals surface area contributed by atoms with E-state index < -0.39 is 0 Å². The lowest BCUT2D eigenvalue weighted by Crippen LogP contribution is -2.43. The Morgan fingerprint density at radius 3 is 2.41 bits per heavy atom. The van der Waals surface area contributed by atoms with Crippen LogP contribution in [0.4, 0.5) is 0 Å². The van der Waals surface area contributed by atoms with Crippen molar-refractivity contribution >= 4 is 5.96 Å². The van der Waals surface area contributed by atoms with Crippen molar-refractivity contribution in [3.63, 3.8) is 0 Å². The van der Waals surface area contributed by atoms with Gasteiger partial charge >= 0.3 is 0 Å². The van der Waals surface area contributed by atoms with Gasteiger partial charge in [0.25, 0.3) is 0 Å². The molecule has 0 atom stereocenters. The number of hydrogen-bond donors (Lipinski definition) is 1. The summed E-state index contributed by atoms with van der Waals surface area (Å²) in [5, 5.41) is 7.99. The summed E-state index contributed by atoms with van der Waals surface area (Å²) in [5.41, 5.74) is 6.01. The summed E-state index contributed by atoms with van der Waals surface area (Å²) < 4.78 is 12.8. The molecule has 27 heavy (non-hydrogen) atoms. The van der Waals surface area contributed by atoms with Gasteiger partial charge in [0.15, 0.2) is 17.5 Å². The Bertz CT molecular complexity index is 857. The van der Waals surface area contributed by atoms with Gasteiger partial charge in [0.05, 0.1) is 19.9 Å². The number of hydrogen-bond acceptors (Lipinski definition) is 4. The minimum absolute atomic E-state index is 0.716. The molecule has 0 spiro atoms. The Hall–Kier alpha value is -2.70. The molecule has 0 saturated heterocycles. The third-order valence-corrected chi connectivity index (χ3v) is 5.31. The van der Waals surface area contributed by atoms with Gasteiger partial charge in [-0.1, -0.05) is 0 Å². The van der Waals surface area contributed by atoms with E-state index in [9.17, 15) is 0 Å². The first kappa shape index (κ1) is 19.1. The number of methoxy groups -OCH3 is 2. The van der Waals surface area contributed by atoms with Gasteiger partial charge in [0.2, 0.25) is 0 Å². The fraction of sp³-hybridized carbons (Fsp3) is 0.500. The van der Waals surface area contributed by atoms with Gasteiger partial charge in [-0.15, -0.1) is 0 Å². The van der Waals surface area contributed by atoms with E-state index in [2.05, 4.69) is 39.4 Å². The van der Waals surface area contributed by atoms with Crippen molar-refractivity contribution < 1.29 is 9.47 Å². The number of benzene rings is 1. The van der Waals surface area contributed by atoms with Gasteiger partial charge in [0.1, 0.15) is 0 Å². The molecule has 0 amide bonds. The van der Waals surface area contributed by atoms with Gasteiger partial charge in [-0.05, 0) is 43.5 Å². The highest BCUT2D eigenvalue weighted by atomic mass is 16.5. The highest BCUT2D eigenvalue weighted by Crippen LogP contribution is 2.33. The average molecular weight is 371 g/mol. The van der Waals surface area contributed by atoms with Crippen molar-refractivity contribution in [3.05, 3.63) is 40.2 Å². The normalized spacial score (nSPS) is 14.1. The van der Waals surface area contributed by atoms with Gasteiger partial charge < -0.3 is 19.7 Å². The number of aliphatic imine (C=N–C) groups is 1. The fourth-order valence-electron chi connectivity index (χ4n) is 3.64. The molecule has 1 aromatic heterocycles. The van der Waals surface area contributed by atoms with E-state index in [-0.39, 0.29) is 0 Å². The molecule has 0 aliphatic carbocycles. The molecule has 0 saturated carbocycles. The van der Waals surface area contributed by atoms with Crippen LogP contribution >= 0.6 is 0 Å². The second kappa shape index (κ2) is 7.90. The number of aryl methyl sites for hydroxylation is 2. The molecule has 7 nitrogen and oxygen atoms in total. The number of aromatic nitrogens is 2. The molecule has 146 valence electrons. The predicted molar refractivity (Wildman–Crippen MR) is 107 cm³/mol. The van der Waals surface area contributed by atoms with E-state index in [1.807, 2.05) is 25.7 Å². The number of nitrogens with one attached hydrogen (secondary N) is 1. The van der Waals surface area contributed by atoms with E-state index in [0.717, 1.165) is 42.7 Å². The highest BCUT2D eigenvalue weighted by Gasteiger charge is 2.22. The molecule has 3 rings (SSSR count). The molecule has 7 heteroatoms. The van der Waals surface area contributed by atoms with Crippen molar-refractivity contribution in [2.75, 3.05) is 27.8 Å². The molecule has 0 bridgehead atoms. The quantitative estimate of drug-likeness (QED) is 0.659. The summed E-state index contributed by atoms with van der Waals surface area (Å²) in [6.45, 7) is 6.56. The van der Waals surface area contributed by atoms with Gasteiger partial charge in [-0.3, -0.25) is 9.67 Å². The van der Waals surface area contributed by atoms with E-state index >= 15 is 0 Å². The number of ether oxygens (including phenoxy) is 2. The molecule has 1 aliphatic heterocycles. The van der Waals surface area contributed by atoms with Crippen LogP contribution in [0.2, 0.25) is 0 Å². The van der Waals surface area contributed by atoms with Crippen molar-refractivity contribution in [2.24, 2.45) is 12.0 Å². The molecule has 0 unspecified atom stereocenters. The molecular formula is C20H29N5O2. The fourth-order valence-corrected chi connectivity index (χ4v) is 3.64. The lowest BCUT2D eigenvalue weighted by molar-refractivity contribution is 0.346. The third kappa shape index (κ3) is 3.72. The van der Waals surface area contributed by atoms with Crippen LogP contribution in [-0.4, -0.2) is 48.5 Å².